The summed E-state index contributed by atoms with van der Waals surface area (Å²) in [5, 5.41) is 2.68. The molecule has 0 spiro atoms. The average Bonchev–Trinajstić information content (AvgIpc) is 2.44. The smallest absolute Gasteiger partial charge is 0.262 e. The van der Waals surface area contributed by atoms with Gasteiger partial charge >= 0.3 is 0 Å². The molecule has 6 heteroatoms. The largest absolute Gasteiger partial charge is 0.482 e. The van der Waals surface area contributed by atoms with Crippen molar-refractivity contribution in [3.8, 4) is 5.75 Å². The molecule has 3 N–H and O–H groups in total. The van der Waals surface area contributed by atoms with E-state index in [2.05, 4.69) is 21.2 Å². The average molecular weight is 353 g/mol. The Labute approximate surface area is 130 Å². The molecule has 0 radical (unpaired) electrons. The van der Waals surface area contributed by atoms with Crippen molar-refractivity contribution >= 4 is 33.2 Å². The molecule has 0 bridgehead atoms. The van der Waals surface area contributed by atoms with Gasteiger partial charge < -0.3 is 15.8 Å². The van der Waals surface area contributed by atoms with Crippen LogP contribution in [0.4, 0.5) is 15.8 Å². The number of ether oxygens (including phenoxy) is 1. The Balaban J connectivity index is 2.01. The minimum Gasteiger partial charge on any atom is -0.482 e. The van der Waals surface area contributed by atoms with Crippen molar-refractivity contribution in [3.05, 3.63) is 52.3 Å². The molecule has 0 saturated heterocycles. The lowest BCUT2D eigenvalue weighted by Crippen LogP contribution is -2.21. The van der Waals surface area contributed by atoms with Crippen LogP contribution >= 0.6 is 15.9 Å². The van der Waals surface area contributed by atoms with E-state index in [-0.39, 0.29) is 18.3 Å². The highest BCUT2D eigenvalue weighted by Gasteiger charge is 2.10. The van der Waals surface area contributed by atoms with Gasteiger partial charge in [-0.1, -0.05) is 12.1 Å². The number of rotatable bonds is 4. The van der Waals surface area contributed by atoms with E-state index in [1.54, 1.807) is 12.1 Å². The van der Waals surface area contributed by atoms with Gasteiger partial charge in [0.15, 0.2) is 6.61 Å². The Morgan fingerprint density at radius 1 is 1.38 bits per heavy atom. The van der Waals surface area contributed by atoms with Gasteiger partial charge in [-0.25, -0.2) is 4.39 Å². The molecule has 2 aromatic rings. The molecule has 2 rings (SSSR count). The van der Waals surface area contributed by atoms with Crippen molar-refractivity contribution in [2.75, 3.05) is 17.7 Å². The summed E-state index contributed by atoms with van der Waals surface area (Å²) < 4.78 is 19.0. The van der Waals surface area contributed by atoms with Crippen LogP contribution in [-0.2, 0) is 4.79 Å². The van der Waals surface area contributed by atoms with E-state index in [0.29, 0.717) is 15.8 Å². The number of para-hydroxylation sites is 1. The normalized spacial score (nSPS) is 10.2. The number of amides is 1. The minimum atomic E-state index is -0.434. The van der Waals surface area contributed by atoms with Crippen molar-refractivity contribution < 1.29 is 13.9 Å². The molecule has 0 unspecified atom stereocenters. The maximum atomic E-state index is 13.1. The second-order valence-electron chi connectivity index (χ2n) is 4.45. The van der Waals surface area contributed by atoms with Crippen molar-refractivity contribution in [1.29, 1.82) is 0 Å². The predicted octanol–water partition coefficient (Wildman–Crippen LogP) is 3.50. The van der Waals surface area contributed by atoms with Gasteiger partial charge in [0.2, 0.25) is 0 Å². The second-order valence-corrected chi connectivity index (χ2v) is 5.31. The zero-order valence-corrected chi connectivity index (χ0v) is 12.9. The molecule has 21 heavy (non-hydrogen) atoms. The standard InChI is InChI=1S/C15H14BrFN2O2/c1-9-3-2-4-12(18)15(9)19-14(20)8-21-13-7-10(17)5-6-11(13)16/h2-7H,8,18H2,1H3,(H,19,20). The third kappa shape index (κ3) is 3.95. The van der Waals surface area contributed by atoms with E-state index < -0.39 is 5.82 Å². The number of carbonyl (C=O) groups excluding carboxylic acids is 1. The number of aryl methyl sites for hydroxylation is 1. The molecule has 4 nitrogen and oxygen atoms in total. The molecule has 0 heterocycles. The highest BCUT2D eigenvalue weighted by Crippen LogP contribution is 2.26. The van der Waals surface area contributed by atoms with Gasteiger partial charge in [-0.05, 0) is 46.6 Å². The maximum Gasteiger partial charge on any atom is 0.262 e. The lowest BCUT2D eigenvalue weighted by molar-refractivity contribution is -0.118. The van der Waals surface area contributed by atoms with Gasteiger partial charge in [-0.3, -0.25) is 4.79 Å². The second kappa shape index (κ2) is 6.58. The van der Waals surface area contributed by atoms with Gasteiger partial charge in [0.1, 0.15) is 11.6 Å². The summed E-state index contributed by atoms with van der Waals surface area (Å²) in [6.45, 7) is 1.60. The van der Waals surface area contributed by atoms with Gasteiger partial charge in [-0.15, -0.1) is 0 Å². The van der Waals surface area contributed by atoms with Gasteiger partial charge in [0, 0.05) is 6.07 Å². The molecule has 0 aliphatic heterocycles. The fraction of sp³-hybridized carbons (Fsp3) is 0.133. The minimum absolute atomic E-state index is 0.240. The first-order valence-corrected chi connectivity index (χ1v) is 6.99. The molecule has 0 atom stereocenters. The van der Waals surface area contributed by atoms with Crippen LogP contribution in [0.5, 0.6) is 5.75 Å². The first kappa shape index (κ1) is 15.3. The van der Waals surface area contributed by atoms with Crippen LogP contribution in [0.2, 0.25) is 0 Å². The fourth-order valence-electron chi connectivity index (χ4n) is 1.77. The molecule has 1 amide bonds. The summed E-state index contributed by atoms with van der Waals surface area (Å²) >= 11 is 3.23. The Morgan fingerprint density at radius 2 is 2.14 bits per heavy atom. The zero-order chi connectivity index (χ0) is 15.4. The SMILES string of the molecule is Cc1cccc(N)c1NC(=O)COc1cc(F)ccc1Br. The third-order valence-corrected chi connectivity index (χ3v) is 3.48. The molecule has 0 aliphatic carbocycles. The lowest BCUT2D eigenvalue weighted by atomic mass is 10.1. The van der Waals surface area contributed by atoms with E-state index in [0.717, 1.165) is 5.56 Å². The van der Waals surface area contributed by atoms with Crippen molar-refractivity contribution in [2.24, 2.45) is 0 Å². The molecule has 0 aromatic heterocycles. The van der Waals surface area contributed by atoms with Gasteiger partial charge in [0.25, 0.3) is 5.91 Å². The number of benzene rings is 2. The number of nitrogens with two attached hydrogens (primary N) is 1. The molecule has 0 fully saturated rings. The summed E-state index contributed by atoms with van der Waals surface area (Å²) in [6, 6.07) is 9.37. The predicted molar refractivity (Wildman–Crippen MR) is 83.8 cm³/mol. The number of hydrogen-bond acceptors (Lipinski definition) is 3. The number of nitrogen functional groups attached to an aromatic ring is 1. The first-order chi connectivity index (χ1) is 9.97. The fourth-order valence-corrected chi connectivity index (χ4v) is 2.13. The Kier molecular flexibility index (Phi) is 4.80. The summed E-state index contributed by atoms with van der Waals surface area (Å²) in [5.41, 5.74) is 7.71. The summed E-state index contributed by atoms with van der Waals surface area (Å²) in [4.78, 5) is 11.9. The lowest BCUT2D eigenvalue weighted by Gasteiger charge is -2.12. The van der Waals surface area contributed by atoms with Crippen molar-refractivity contribution in [3.63, 3.8) is 0 Å². The van der Waals surface area contributed by atoms with Crippen LogP contribution < -0.4 is 15.8 Å². The molecular weight excluding hydrogens is 339 g/mol. The molecule has 0 saturated carbocycles. The van der Waals surface area contributed by atoms with E-state index >= 15 is 0 Å². The van der Waals surface area contributed by atoms with Crippen LogP contribution in [-0.4, -0.2) is 12.5 Å². The highest BCUT2D eigenvalue weighted by atomic mass is 79.9. The van der Waals surface area contributed by atoms with Crippen molar-refractivity contribution in [1.82, 2.24) is 0 Å². The van der Waals surface area contributed by atoms with Crippen molar-refractivity contribution in [2.45, 2.75) is 6.92 Å². The number of halogens is 2. The molecule has 2 aromatic carbocycles. The summed E-state index contributed by atoms with van der Waals surface area (Å²) in [5.74, 6) is -0.535. The Bertz CT molecular complexity index is 656. The van der Waals surface area contributed by atoms with E-state index in [1.165, 1.54) is 18.2 Å². The van der Waals surface area contributed by atoms with Crippen LogP contribution in [0.3, 0.4) is 0 Å². The Hall–Kier alpha value is -2.08. The number of anilines is 2. The van der Waals surface area contributed by atoms with E-state index in [1.807, 2.05) is 13.0 Å². The highest BCUT2D eigenvalue weighted by molar-refractivity contribution is 9.10. The van der Waals surface area contributed by atoms with Crippen LogP contribution in [0, 0.1) is 12.7 Å². The monoisotopic (exact) mass is 352 g/mol. The molecule has 0 aliphatic rings. The van der Waals surface area contributed by atoms with Gasteiger partial charge in [0.05, 0.1) is 15.8 Å². The maximum absolute atomic E-state index is 13.1. The number of hydrogen-bond donors (Lipinski definition) is 2. The third-order valence-electron chi connectivity index (χ3n) is 2.82. The Morgan fingerprint density at radius 3 is 2.86 bits per heavy atom. The van der Waals surface area contributed by atoms with E-state index in [9.17, 15) is 9.18 Å². The van der Waals surface area contributed by atoms with Crippen LogP contribution in [0.1, 0.15) is 5.56 Å². The van der Waals surface area contributed by atoms with Crippen LogP contribution in [0.15, 0.2) is 40.9 Å². The number of carbonyl (C=O) groups is 1. The first-order valence-electron chi connectivity index (χ1n) is 6.20. The molecule has 110 valence electrons. The summed E-state index contributed by atoms with van der Waals surface area (Å²) in [6.07, 6.45) is 0. The summed E-state index contributed by atoms with van der Waals surface area (Å²) in [7, 11) is 0. The van der Waals surface area contributed by atoms with Gasteiger partial charge in [-0.2, -0.15) is 0 Å². The zero-order valence-electron chi connectivity index (χ0n) is 11.3. The van der Waals surface area contributed by atoms with E-state index in [4.69, 9.17) is 10.5 Å². The molecular formula is C15H14BrFN2O2. The quantitative estimate of drug-likeness (QED) is 0.827. The van der Waals surface area contributed by atoms with Crippen LogP contribution in [0.25, 0.3) is 0 Å². The topological polar surface area (TPSA) is 64.3 Å². The number of nitrogens with one attached hydrogen (secondary N) is 1.